The predicted octanol–water partition coefficient (Wildman–Crippen LogP) is 2.31. The summed E-state index contributed by atoms with van der Waals surface area (Å²) in [4.78, 5) is 9.91. The van der Waals surface area contributed by atoms with Crippen molar-refractivity contribution in [2.75, 3.05) is 0 Å². The van der Waals surface area contributed by atoms with Gasteiger partial charge in [0.25, 0.3) is 0 Å². The smallest absolute Gasteiger partial charge is 0.550 e. The van der Waals surface area contributed by atoms with Gasteiger partial charge in [0, 0.05) is 11.4 Å². The van der Waals surface area contributed by atoms with Crippen LogP contribution in [0.3, 0.4) is 0 Å². The third kappa shape index (κ3) is 9.83. The van der Waals surface area contributed by atoms with Crippen molar-refractivity contribution in [2.24, 2.45) is 5.41 Å². The molecule has 0 aromatic heterocycles. The molecule has 0 atom stereocenters. The Labute approximate surface area is 117 Å². The summed E-state index contributed by atoms with van der Waals surface area (Å²) >= 11 is 0. The van der Waals surface area contributed by atoms with E-state index in [1.165, 1.54) is 5.56 Å². The summed E-state index contributed by atoms with van der Waals surface area (Å²) in [6.07, 6.45) is 3.76. The van der Waals surface area contributed by atoms with Gasteiger partial charge in [0.2, 0.25) is 0 Å². The molecule has 0 heterocycles. The monoisotopic (exact) mass is 282 g/mol. The van der Waals surface area contributed by atoms with Crippen molar-refractivity contribution in [1.82, 2.24) is 0 Å². The molecule has 0 saturated heterocycles. The van der Waals surface area contributed by atoms with E-state index in [2.05, 4.69) is 6.92 Å². The molecule has 2 nitrogen and oxygen atoms in total. The van der Waals surface area contributed by atoms with Crippen LogP contribution in [-0.2, 0) is 24.3 Å². The number of carboxylic acid groups (broad SMARTS) is 1. The molecule has 88 valence electrons. The van der Waals surface area contributed by atoms with E-state index in [-0.39, 0.29) is 19.5 Å². The summed E-state index contributed by atoms with van der Waals surface area (Å²) in [5, 5.41) is 9.91. The van der Waals surface area contributed by atoms with E-state index in [1.807, 2.05) is 36.4 Å². The third-order valence-electron chi connectivity index (χ3n) is 1.72. The Morgan fingerprint density at radius 2 is 1.65 bits per heavy atom. The third-order valence-corrected chi connectivity index (χ3v) is 1.72. The van der Waals surface area contributed by atoms with Crippen molar-refractivity contribution in [1.29, 1.82) is 0 Å². The van der Waals surface area contributed by atoms with Crippen LogP contribution >= 0.6 is 0 Å². The number of aliphatic carboxylic acids is 1. The Kier molecular flexibility index (Phi) is 9.69. The molecule has 0 aliphatic carbocycles. The van der Waals surface area contributed by atoms with Crippen LogP contribution in [0.25, 0.3) is 6.08 Å². The quantitative estimate of drug-likeness (QED) is 0.586. The van der Waals surface area contributed by atoms with Gasteiger partial charge in [-0.2, -0.15) is 0 Å². The SMILES string of the molecule is CC(C)(C)C(=O)[O-].[CH2-]C=Cc1ccccc1.[Zn+2]. The van der Waals surface area contributed by atoms with Gasteiger partial charge in [0.05, 0.1) is 0 Å². The van der Waals surface area contributed by atoms with Crippen molar-refractivity contribution in [3.63, 3.8) is 0 Å². The minimum Gasteiger partial charge on any atom is -0.550 e. The molecular weight excluding hydrogens is 266 g/mol. The first-order chi connectivity index (χ1) is 7.38. The van der Waals surface area contributed by atoms with Crippen molar-refractivity contribution in [2.45, 2.75) is 20.8 Å². The van der Waals surface area contributed by atoms with Gasteiger partial charge in [0.15, 0.2) is 0 Å². The molecule has 0 N–H and O–H groups in total. The normalized spacial score (nSPS) is 10.1. The van der Waals surface area contributed by atoms with E-state index in [9.17, 15) is 9.90 Å². The van der Waals surface area contributed by atoms with E-state index >= 15 is 0 Å². The molecule has 0 bridgehead atoms. The number of hydrogen-bond acceptors (Lipinski definition) is 2. The zero-order chi connectivity index (χ0) is 12.6. The van der Waals surface area contributed by atoms with Crippen LogP contribution in [0.4, 0.5) is 0 Å². The second-order valence-corrected chi connectivity index (χ2v) is 4.35. The standard InChI is InChI=1S/C9H9.C5H10O2.Zn/c1-2-6-9-7-4-3-5-8-9;1-5(2,3)4(6)7;/h2-8H,1H2;1-3H3,(H,6,7);/q-1;;+2/p-1. The largest absolute Gasteiger partial charge is 2.00 e. The number of carboxylic acids is 1. The molecule has 1 aromatic rings. The van der Waals surface area contributed by atoms with E-state index in [0.29, 0.717) is 0 Å². The molecular formula is C14H18O2Zn. The first kappa shape index (κ1) is 18.3. The first-order valence-electron chi connectivity index (χ1n) is 5.10. The van der Waals surface area contributed by atoms with Crippen molar-refractivity contribution < 1.29 is 29.4 Å². The molecule has 17 heavy (non-hydrogen) atoms. The number of rotatable bonds is 1. The Hall–Kier alpha value is -1.08. The second-order valence-electron chi connectivity index (χ2n) is 4.35. The van der Waals surface area contributed by atoms with Crippen LogP contribution in [0.5, 0.6) is 0 Å². The fourth-order valence-corrected chi connectivity index (χ4v) is 0.700. The molecule has 1 aromatic carbocycles. The Balaban J connectivity index is 0. The van der Waals surface area contributed by atoms with Gasteiger partial charge in [-0.1, -0.05) is 51.1 Å². The fraction of sp³-hybridized carbons (Fsp3) is 0.286. The van der Waals surface area contributed by atoms with Gasteiger partial charge in [-0.25, -0.2) is 19.1 Å². The number of allylic oxidation sites excluding steroid dienone is 1. The van der Waals surface area contributed by atoms with E-state index < -0.39 is 11.4 Å². The average molecular weight is 284 g/mol. The van der Waals surface area contributed by atoms with Gasteiger partial charge < -0.3 is 9.90 Å². The van der Waals surface area contributed by atoms with E-state index in [4.69, 9.17) is 0 Å². The van der Waals surface area contributed by atoms with Crippen LogP contribution in [0, 0.1) is 12.3 Å². The minimum absolute atomic E-state index is 0. The molecule has 0 aliphatic rings. The summed E-state index contributed by atoms with van der Waals surface area (Å²) in [7, 11) is 0. The maximum absolute atomic E-state index is 9.91. The van der Waals surface area contributed by atoms with Crippen molar-refractivity contribution in [3.05, 3.63) is 48.9 Å². The maximum Gasteiger partial charge on any atom is 2.00 e. The van der Waals surface area contributed by atoms with E-state index in [0.717, 1.165) is 0 Å². The predicted molar refractivity (Wildman–Crippen MR) is 65.3 cm³/mol. The van der Waals surface area contributed by atoms with Crippen molar-refractivity contribution in [3.8, 4) is 0 Å². The molecule has 0 radical (unpaired) electrons. The Bertz CT molecular complexity index is 337. The summed E-state index contributed by atoms with van der Waals surface area (Å²) in [5.41, 5.74) is 0.507. The topological polar surface area (TPSA) is 40.1 Å². The zero-order valence-electron chi connectivity index (χ0n) is 10.8. The van der Waals surface area contributed by atoms with Crippen LogP contribution < -0.4 is 5.11 Å². The molecule has 0 aliphatic heterocycles. The second kappa shape index (κ2) is 9.01. The zero-order valence-corrected chi connectivity index (χ0v) is 13.7. The van der Waals surface area contributed by atoms with Gasteiger partial charge >= 0.3 is 19.5 Å². The Morgan fingerprint density at radius 3 is 1.94 bits per heavy atom. The van der Waals surface area contributed by atoms with Gasteiger partial charge in [0.1, 0.15) is 0 Å². The molecule has 0 fully saturated rings. The maximum atomic E-state index is 9.91. The molecule has 0 amide bonds. The van der Waals surface area contributed by atoms with Gasteiger partial charge in [-0.05, 0) is 0 Å². The van der Waals surface area contributed by atoms with Gasteiger partial charge in [-0.15, -0.1) is 5.56 Å². The Morgan fingerprint density at radius 1 is 1.24 bits per heavy atom. The molecule has 0 saturated carbocycles. The molecule has 0 spiro atoms. The summed E-state index contributed by atoms with van der Waals surface area (Å²) < 4.78 is 0. The summed E-state index contributed by atoms with van der Waals surface area (Å²) in [5.74, 6) is -1.01. The average Bonchev–Trinajstić information content (AvgIpc) is 2.19. The van der Waals surface area contributed by atoms with Crippen LogP contribution in [0.2, 0.25) is 0 Å². The number of carbonyl (C=O) groups is 1. The van der Waals surface area contributed by atoms with Crippen LogP contribution in [0.15, 0.2) is 36.4 Å². The number of benzene rings is 1. The fourth-order valence-electron chi connectivity index (χ4n) is 0.700. The summed E-state index contributed by atoms with van der Waals surface area (Å²) in [6.45, 7) is 8.40. The molecule has 1 rings (SSSR count). The summed E-state index contributed by atoms with van der Waals surface area (Å²) in [6, 6.07) is 10.1. The first-order valence-corrected chi connectivity index (χ1v) is 5.10. The number of hydrogen-bond donors (Lipinski definition) is 0. The minimum atomic E-state index is -1.01. The van der Waals surface area contributed by atoms with Crippen LogP contribution in [0.1, 0.15) is 26.3 Å². The van der Waals surface area contributed by atoms with E-state index in [1.54, 1.807) is 26.8 Å². The van der Waals surface area contributed by atoms with Crippen molar-refractivity contribution >= 4 is 12.0 Å². The molecule has 3 heteroatoms. The van der Waals surface area contributed by atoms with Crippen LogP contribution in [-0.4, -0.2) is 5.97 Å². The molecule has 0 unspecified atom stereocenters. The number of carbonyl (C=O) groups excluding carboxylic acids is 1. The van der Waals surface area contributed by atoms with Gasteiger partial charge in [-0.3, -0.25) is 0 Å².